The maximum atomic E-state index is 11.8. The molecule has 0 radical (unpaired) electrons. The van der Waals surface area contributed by atoms with E-state index in [1.165, 1.54) is 5.56 Å². The van der Waals surface area contributed by atoms with Crippen molar-refractivity contribution in [3.63, 3.8) is 0 Å². The number of aliphatic imine (C=N–C) groups is 1. The Morgan fingerprint density at radius 1 is 1.13 bits per heavy atom. The Labute approximate surface area is 202 Å². The highest BCUT2D eigenvalue weighted by atomic mass is 127. The van der Waals surface area contributed by atoms with Gasteiger partial charge in [0, 0.05) is 25.7 Å². The van der Waals surface area contributed by atoms with Gasteiger partial charge in [-0.15, -0.1) is 24.0 Å². The van der Waals surface area contributed by atoms with Gasteiger partial charge in [-0.05, 0) is 55.9 Å². The highest BCUT2D eigenvalue weighted by Gasteiger charge is 2.23. The van der Waals surface area contributed by atoms with Crippen LogP contribution in [0.5, 0.6) is 5.75 Å². The van der Waals surface area contributed by atoms with E-state index in [0.717, 1.165) is 37.2 Å². The minimum absolute atomic E-state index is 0. The van der Waals surface area contributed by atoms with Crippen molar-refractivity contribution in [2.45, 2.75) is 51.2 Å². The number of aryl methyl sites for hydroxylation is 1. The van der Waals surface area contributed by atoms with E-state index in [-0.39, 0.29) is 36.5 Å². The van der Waals surface area contributed by atoms with Gasteiger partial charge in [0.05, 0.1) is 0 Å². The van der Waals surface area contributed by atoms with Crippen molar-refractivity contribution >= 4 is 35.8 Å². The van der Waals surface area contributed by atoms with Crippen molar-refractivity contribution in [3.8, 4) is 5.75 Å². The summed E-state index contributed by atoms with van der Waals surface area (Å²) in [7, 11) is 1.78. The molecular weight excluding hydrogens is 503 g/mol. The molecule has 1 atom stereocenters. The van der Waals surface area contributed by atoms with Crippen molar-refractivity contribution in [2.75, 3.05) is 13.7 Å². The SMILES string of the molecule is CN=C(NCc1cccc(OCC(=O)NC2CC2)c1)NC(C)CCc1ccccc1.I. The molecular formula is C24H33IN4O2. The van der Waals surface area contributed by atoms with Gasteiger partial charge in [0.1, 0.15) is 5.75 Å². The van der Waals surface area contributed by atoms with Gasteiger partial charge in [0.2, 0.25) is 0 Å². The summed E-state index contributed by atoms with van der Waals surface area (Å²) in [6, 6.07) is 18.9. The molecule has 1 saturated carbocycles. The number of hydrogen-bond acceptors (Lipinski definition) is 3. The number of benzene rings is 2. The summed E-state index contributed by atoms with van der Waals surface area (Å²) in [6.07, 6.45) is 4.21. The minimum Gasteiger partial charge on any atom is -0.484 e. The highest BCUT2D eigenvalue weighted by molar-refractivity contribution is 14.0. The standard InChI is InChI=1S/C24H32N4O2.HI/c1-18(11-12-19-7-4-3-5-8-19)27-24(25-2)26-16-20-9-6-10-22(15-20)30-17-23(29)28-21-13-14-21;/h3-10,15,18,21H,11-14,16-17H2,1-2H3,(H,28,29)(H2,25,26,27);1H. The molecule has 0 bridgehead atoms. The van der Waals surface area contributed by atoms with Gasteiger partial charge < -0.3 is 20.7 Å². The van der Waals surface area contributed by atoms with Gasteiger partial charge in [-0.1, -0.05) is 42.5 Å². The first-order chi connectivity index (χ1) is 14.6. The van der Waals surface area contributed by atoms with Crippen molar-refractivity contribution in [1.29, 1.82) is 0 Å². The molecule has 31 heavy (non-hydrogen) atoms. The molecule has 6 nitrogen and oxygen atoms in total. The zero-order valence-electron chi connectivity index (χ0n) is 18.3. The largest absolute Gasteiger partial charge is 0.484 e. The number of nitrogens with zero attached hydrogens (tertiary/aromatic N) is 1. The smallest absolute Gasteiger partial charge is 0.258 e. The van der Waals surface area contributed by atoms with Gasteiger partial charge in [-0.25, -0.2) is 0 Å². The maximum absolute atomic E-state index is 11.8. The van der Waals surface area contributed by atoms with Crippen LogP contribution >= 0.6 is 24.0 Å². The van der Waals surface area contributed by atoms with E-state index in [1.54, 1.807) is 7.05 Å². The Balaban J connectivity index is 0.00000341. The molecule has 1 aliphatic carbocycles. The molecule has 7 heteroatoms. The Kier molecular flexibility index (Phi) is 10.6. The number of amides is 1. The van der Waals surface area contributed by atoms with E-state index >= 15 is 0 Å². The molecule has 3 rings (SSSR count). The summed E-state index contributed by atoms with van der Waals surface area (Å²) < 4.78 is 5.62. The number of carbonyl (C=O) groups excluding carboxylic acids is 1. The third-order valence-electron chi connectivity index (χ3n) is 4.99. The number of nitrogens with one attached hydrogen (secondary N) is 3. The first-order valence-corrected chi connectivity index (χ1v) is 10.6. The summed E-state index contributed by atoms with van der Waals surface area (Å²) in [5, 5.41) is 9.71. The summed E-state index contributed by atoms with van der Waals surface area (Å²) in [5.41, 5.74) is 2.41. The lowest BCUT2D eigenvalue weighted by Gasteiger charge is -2.18. The summed E-state index contributed by atoms with van der Waals surface area (Å²) in [6.45, 7) is 2.84. The van der Waals surface area contributed by atoms with Crippen molar-refractivity contribution in [2.24, 2.45) is 4.99 Å². The fourth-order valence-corrected chi connectivity index (χ4v) is 3.10. The number of rotatable bonds is 10. The van der Waals surface area contributed by atoms with Crippen LogP contribution in [-0.2, 0) is 17.8 Å². The van der Waals surface area contributed by atoms with E-state index in [0.29, 0.717) is 24.4 Å². The zero-order valence-corrected chi connectivity index (χ0v) is 20.6. The molecule has 0 aromatic heterocycles. The fourth-order valence-electron chi connectivity index (χ4n) is 3.10. The lowest BCUT2D eigenvalue weighted by molar-refractivity contribution is -0.123. The molecule has 0 aliphatic heterocycles. The third-order valence-corrected chi connectivity index (χ3v) is 4.99. The van der Waals surface area contributed by atoms with Gasteiger partial charge >= 0.3 is 0 Å². The molecule has 168 valence electrons. The Morgan fingerprint density at radius 3 is 2.58 bits per heavy atom. The summed E-state index contributed by atoms with van der Waals surface area (Å²) in [5.74, 6) is 1.40. The van der Waals surface area contributed by atoms with Gasteiger partial charge in [0.25, 0.3) is 5.91 Å². The molecule has 2 aromatic rings. The minimum atomic E-state index is -0.0601. The monoisotopic (exact) mass is 536 g/mol. The zero-order chi connectivity index (χ0) is 21.2. The molecule has 2 aromatic carbocycles. The van der Waals surface area contributed by atoms with Gasteiger partial charge in [0.15, 0.2) is 12.6 Å². The molecule has 0 spiro atoms. The van der Waals surface area contributed by atoms with Crippen molar-refractivity contribution < 1.29 is 9.53 Å². The average Bonchev–Trinajstić information content (AvgIpc) is 3.58. The molecule has 0 saturated heterocycles. The van der Waals surface area contributed by atoms with Gasteiger partial charge in [-0.2, -0.15) is 0 Å². The number of hydrogen-bond donors (Lipinski definition) is 3. The van der Waals surface area contributed by atoms with E-state index in [2.05, 4.69) is 52.1 Å². The molecule has 0 heterocycles. The Morgan fingerprint density at radius 2 is 1.87 bits per heavy atom. The molecule has 1 amide bonds. The van der Waals surface area contributed by atoms with Crippen LogP contribution in [0, 0.1) is 0 Å². The second-order valence-corrected chi connectivity index (χ2v) is 7.77. The van der Waals surface area contributed by atoms with Crippen LogP contribution in [0.25, 0.3) is 0 Å². The van der Waals surface area contributed by atoms with Crippen molar-refractivity contribution in [3.05, 3.63) is 65.7 Å². The van der Waals surface area contributed by atoms with E-state index in [1.807, 2.05) is 30.3 Å². The molecule has 3 N–H and O–H groups in total. The van der Waals surface area contributed by atoms with E-state index < -0.39 is 0 Å². The number of ether oxygens (including phenoxy) is 1. The molecule has 1 aliphatic rings. The first kappa shape index (κ1) is 25.0. The van der Waals surface area contributed by atoms with Crippen LogP contribution in [0.15, 0.2) is 59.6 Å². The first-order valence-electron chi connectivity index (χ1n) is 10.6. The summed E-state index contributed by atoms with van der Waals surface area (Å²) in [4.78, 5) is 16.1. The Hall–Kier alpha value is -2.29. The number of halogens is 1. The van der Waals surface area contributed by atoms with Crippen LogP contribution < -0.4 is 20.7 Å². The van der Waals surface area contributed by atoms with Gasteiger partial charge in [-0.3, -0.25) is 9.79 Å². The average molecular weight is 536 g/mol. The quantitative estimate of drug-likeness (QED) is 0.246. The lowest BCUT2D eigenvalue weighted by Crippen LogP contribution is -2.42. The van der Waals surface area contributed by atoms with Crippen LogP contribution in [0.4, 0.5) is 0 Å². The van der Waals surface area contributed by atoms with E-state index in [9.17, 15) is 4.79 Å². The second kappa shape index (κ2) is 13.2. The highest BCUT2D eigenvalue weighted by Crippen LogP contribution is 2.18. The van der Waals surface area contributed by atoms with Crippen LogP contribution in [0.3, 0.4) is 0 Å². The fraction of sp³-hybridized carbons (Fsp3) is 0.417. The summed E-state index contributed by atoms with van der Waals surface area (Å²) >= 11 is 0. The third kappa shape index (κ3) is 9.59. The predicted octanol–water partition coefficient (Wildman–Crippen LogP) is 3.65. The maximum Gasteiger partial charge on any atom is 0.258 e. The van der Waals surface area contributed by atoms with Crippen molar-refractivity contribution in [1.82, 2.24) is 16.0 Å². The predicted molar refractivity (Wildman–Crippen MR) is 136 cm³/mol. The molecule has 1 fully saturated rings. The number of guanidine groups is 1. The van der Waals surface area contributed by atoms with E-state index in [4.69, 9.17) is 4.74 Å². The normalized spacial score (nSPS) is 14.2. The van der Waals surface area contributed by atoms with Crippen LogP contribution in [0.2, 0.25) is 0 Å². The number of carbonyl (C=O) groups is 1. The van der Waals surface area contributed by atoms with Crippen LogP contribution in [0.1, 0.15) is 37.3 Å². The van der Waals surface area contributed by atoms with Crippen LogP contribution in [-0.4, -0.2) is 37.6 Å². The molecule has 1 unspecified atom stereocenters. The Bertz CT molecular complexity index is 840. The second-order valence-electron chi connectivity index (χ2n) is 7.77. The topological polar surface area (TPSA) is 74.8 Å². The lowest BCUT2D eigenvalue weighted by atomic mass is 10.1.